The van der Waals surface area contributed by atoms with Crippen molar-refractivity contribution in [1.29, 1.82) is 0 Å². The van der Waals surface area contributed by atoms with Crippen molar-refractivity contribution in [2.45, 2.75) is 18.6 Å². The van der Waals surface area contributed by atoms with Gasteiger partial charge in [0.2, 0.25) is 0 Å². The summed E-state index contributed by atoms with van der Waals surface area (Å²) in [5.41, 5.74) is -1.01. The van der Waals surface area contributed by atoms with Crippen LogP contribution in [0.15, 0.2) is 36.9 Å². The van der Waals surface area contributed by atoms with Crippen LogP contribution >= 0.6 is 0 Å². The second-order valence-electron chi connectivity index (χ2n) is 4.09. The van der Waals surface area contributed by atoms with Crippen LogP contribution in [0, 0.1) is 0 Å². The first-order chi connectivity index (χ1) is 9.74. The number of rotatable bonds is 5. The predicted octanol–water partition coefficient (Wildman–Crippen LogP) is 2.86. The first-order valence-corrected chi connectivity index (χ1v) is 5.82. The van der Waals surface area contributed by atoms with Crippen LogP contribution in [0.3, 0.4) is 0 Å². The van der Waals surface area contributed by atoms with E-state index in [2.05, 4.69) is 17.2 Å². The Morgan fingerprint density at radius 1 is 1.38 bits per heavy atom. The van der Waals surface area contributed by atoms with Crippen molar-refractivity contribution in [3.05, 3.63) is 42.5 Å². The molecule has 5 nitrogen and oxygen atoms in total. The van der Waals surface area contributed by atoms with Crippen LogP contribution < -0.4 is 10.6 Å². The van der Waals surface area contributed by atoms with Crippen molar-refractivity contribution in [2.75, 3.05) is 5.32 Å². The van der Waals surface area contributed by atoms with Crippen molar-refractivity contribution >= 4 is 17.7 Å². The van der Waals surface area contributed by atoms with Gasteiger partial charge in [-0.25, -0.2) is 9.59 Å². The number of hydrogen-bond acceptors (Lipinski definition) is 2. The number of urea groups is 1. The molecule has 1 atom stereocenters. The van der Waals surface area contributed by atoms with E-state index in [-0.39, 0.29) is 12.1 Å². The van der Waals surface area contributed by atoms with E-state index in [4.69, 9.17) is 5.11 Å². The number of carbonyl (C=O) groups is 2. The Balaban J connectivity index is 2.75. The van der Waals surface area contributed by atoms with E-state index >= 15 is 0 Å². The molecule has 1 unspecified atom stereocenters. The summed E-state index contributed by atoms with van der Waals surface area (Å²) in [7, 11) is 0. The molecule has 0 aromatic heterocycles. The minimum atomic E-state index is -4.53. The van der Waals surface area contributed by atoms with Crippen LogP contribution in [-0.2, 0) is 11.0 Å². The molecule has 1 rings (SSSR count). The number of anilines is 1. The molecule has 0 heterocycles. The fourth-order valence-corrected chi connectivity index (χ4v) is 1.49. The molecule has 0 aliphatic heterocycles. The second kappa shape index (κ2) is 6.78. The Morgan fingerprint density at radius 2 is 2.05 bits per heavy atom. The number of nitrogens with one attached hydrogen (secondary N) is 2. The molecule has 0 spiro atoms. The van der Waals surface area contributed by atoms with Crippen molar-refractivity contribution in [3.63, 3.8) is 0 Å². The molecule has 21 heavy (non-hydrogen) atoms. The maximum absolute atomic E-state index is 12.5. The van der Waals surface area contributed by atoms with E-state index < -0.39 is 29.8 Å². The molecule has 2 amide bonds. The smallest absolute Gasteiger partial charge is 0.416 e. The lowest BCUT2D eigenvalue weighted by atomic mass is 10.2. The average Bonchev–Trinajstić information content (AvgIpc) is 2.37. The largest absolute Gasteiger partial charge is 0.480 e. The van der Waals surface area contributed by atoms with E-state index in [1.807, 2.05) is 0 Å². The fraction of sp³-hybridized carbons (Fsp3) is 0.231. The number of benzene rings is 1. The van der Waals surface area contributed by atoms with E-state index in [1.165, 1.54) is 12.1 Å². The van der Waals surface area contributed by atoms with Crippen molar-refractivity contribution in [1.82, 2.24) is 5.32 Å². The molecule has 0 bridgehead atoms. The van der Waals surface area contributed by atoms with Crippen LogP contribution in [-0.4, -0.2) is 23.1 Å². The number of amides is 2. The lowest BCUT2D eigenvalue weighted by Gasteiger charge is -2.14. The van der Waals surface area contributed by atoms with Gasteiger partial charge in [0, 0.05) is 5.69 Å². The minimum absolute atomic E-state index is 0.00859. The summed E-state index contributed by atoms with van der Waals surface area (Å²) in [4.78, 5) is 22.4. The Labute approximate surface area is 118 Å². The molecule has 3 N–H and O–H groups in total. The van der Waals surface area contributed by atoms with E-state index in [9.17, 15) is 22.8 Å². The van der Waals surface area contributed by atoms with Gasteiger partial charge in [0.15, 0.2) is 0 Å². The molecule has 0 saturated carbocycles. The lowest BCUT2D eigenvalue weighted by Crippen LogP contribution is -2.42. The highest BCUT2D eigenvalue weighted by Crippen LogP contribution is 2.30. The Morgan fingerprint density at radius 3 is 2.57 bits per heavy atom. The molecule has 1 aromatic rings. The molecular weight excluding hydrogens is 289 g/mol. The van der Waals surface area contributed by atoms with Gasteiger partial charge in [0.05, 0.1) is 5.56 Å². The topological polar surface area (TPSA) is 78.4 Å². The zero-order valence-corrected chi connectivity index (χ0v) is 10.8. The number of halogens is 3. The number of hydrogen-bond donors (Lipinski definition) is 3. The highest BCUT2D eigenvalue weighted by atomic mass is 19.4. The predicted molar refractivity (Wildman–Crippen MR) is 69.8 cm³/mol. The molecule has 0 aliphatic carbocycles. The third-order valence-electron chi connectivity index (χ3n) is 2.45. The second-order valence-corrected chi connectivity index (χ2v) is 4.09. The Kier molecular flexibility index (Phi) is 5.34. The zero-order chi connectivity index (χ0) is 16.0. The monoisotopic (exact) mass is 302 g/mol. The number of alkyl halides is 3. The Bertz CT molecular complexity index is 544. The standard InChI is InChI=1S/C13H13F3N2O3/c1-2-4-10(11(19)20)18-12(21)17-9-6-3-5-8(7-9)13(14,15)16/h2-3,5-7,10H,1,4H2,(H,19,20)(H2,17,18,21). The number of aliphatic carboxylic acids is 1. The molecule has 8 heteroatoms. The first kappa shape index (κ1) is 16.5. The maximum atomic E-state index is 12.5. The lowest BCUT2D eigenvalue weighted by molar-refractivity contribution is -0.139. The third-order valence-corrected chi connectivity index (χ3v) is 2.45. The zero-order valence-electron chi connectivity index (χ0n) is 10.8. The summed E-state index contributed by atoms with van der Waals surface area (Å²) in [6, 6.07) is 1.90. The number of carbonyl (C=O) groups excluding carboxylic acids is 1. The summed E-state index contributed by atoms with van der Waals surface area (Å²) < 4.78 is 37.5. The molecule has 0 saturated heterocycles. The summed E-state index contributed by atoms with van der Waals surface area (Å²) in [6.07, 6.45) is -3.23. The quantitative estimate of drug-likeness (QED) is 0.732. The first-order valence-electron chi connectivity index (χ1n) is 5.82. The van der Waals surface area contributed by atoms with Gasteiger partial charge in [-0.3, -0.25) is 0 Å². The van der Waals surface area contributed by atoms with Crippen molar-refractivity contribution < 1.29 is 27.9 Å². The van der Waals surface area contributed by atoms with E-state index in [0.717, 1.165) is 18.2 Å². The van der Waals surface area contributed by atoms with Crippen LogP contribution in [0.2, 0.25) is 0 Å². The number of carboxylic acids is 1. The van der Waals surface area contributed by atoms with Crippen LogP contribution in [0.25, 0.3) is 0 Å². The molecular formula is C13H13F3N2O3. The van der Waals surface area contributed by atoms with Gasteiger partial charge in [-0.1, -0.05) is 12.1 Å². The molecule has 0 aliphatic rings. The fourth-order valence-electron chi connectivity index (χ4n) is 1.49. The van der Waals surface area contributed by atoms with Gasteiger partial charge >= 0.3 is 18.2 Å². The summed E-state index contributed by atoms with van der Waals surface area (Å²) in [5, 5.41) is 13.1. The van der Waals surface area contributed by atoms with Gasteiger partial charge in [-0.2, -0.15) is 13.2 Å². The maximum Gasteiger partial charge on any atom is 0.416 e. The molecule has 0 radical (unpaired) electrons. The van der Waals surface area contributed by atoms with Gasteiger partial charge in [0.25, 0.3) is 0 Å². The molecule has 1 aromatic carbocycles. The SMILES string of the molecule is C=CCC(NC(=O)Nc1cccc(C(F)(F)F)c1)C(=O)O. The highest BCUT2D eigenvalue weighted by molar-refractivity contribution is 5.92. The van der Waals surface area contributed by atoms with Crippen LogP contribution in [0.1, 0.15) is 12.0 Å². The van der Waals surface area contributed by atoms with Crippen LogP contribution in [0.5, 0.6) is 0 Å². The summed E-state index contributed by atoms with van der Waals surface area (Å²) >= 11 is 0. The number of carboxylic acid groups (broad SMARTS) is 1. The van der Waals surface area contributed by atoms with Crippen LogP contribution in [0.4, 0.5) is 23.7 Å². The van der Waals surface area contributed by atoms with Crippen molar-refractivity contribution in [2.24, 2.45) is 0 Å². The van der Waals surface area contributed by atoms with Gasteiger partial charge in [-0.05, 0) is 24.6 Å². The van der Waals surface area contributed by atoms with E-state index in [1.54, 1.807) is 0 Å². The summed E-state index contributed by atoms with van der Waals surface area (Å²) in [5.74, 6) is -1.27. The summed E-state index contributed by atoms with van der Waals surface area (Å²) in [6.45, 7) is 3.35. The average molecular weight is 302 g/mol. The van der Waals surface area contributed by atoms with Gasteiger partial charge < -0.3 is 15.7 Å². The van der Waals surface area contributed by atoms with Gasteiger partial charge in [0.1, 0.15) is 6.04 Å². The van der Waals surface area contributed by atoms with E-state index in [0.29, 0.717) is 0 Å². The molecule has 114 valence electrons. The highest BCUT2D eigenvalue weighted by Gasteiger charge is 2.30. The Hall–Kier alpha value is -2.51. The van der Waals surface area contributed by atoms with Gasteiger partial charge in [-0.15, -0.1) is 6.58 Å². The normalized spacial score (nSPS) is 12.3. The minimum Gasteiger partial charge on any atom is -0.480 e. The molecule has 0 fully saturated rings. The van der Waals surface area contributed by atoms with Crippen molar-refractivity contribution in [3.8, 4) is 0 Å². The third kappa shape index (κ3) is 5.17.